The summed E-state index contributed by atoms with van der Waals surface area (Å²) >= 11 is 0. The van der Waals surface area contributed by atoms with Crippen LogP contribution in [0.25, 0.3) is 0 Å². The van der Waals surface area contributed by atoms with E-state index in [0.717, 1.165) is 54.9 Å². The second-order valence-electron chi connectivity index (χ2n) is 7.95. The maximum Gasteiger partial charge on any atom is 0.227 e. The number of rotatable bonds is 11. The highest BCUT2D eigenvalue weighted by Gasteiger charge is 2.22. The van der Waals surface area contributed by atoms with Gasteiger partial charge in [0.05, 0.1) is 34.9 Å². The molecule has 0 unspecified atom stereocenters. The van der Waals surface area contributed by atoms with Gasteiger partial charge in [0, 0.05) is 25.8 Å². The van der Waals surface area contributed by atoms with Crippen molar-refractivity contribution in [2.24, 2.45) is 4.99 Å². The van der Waals surface area contributed by atoms with Crippen LogP contribution in [0, 0.1) is 0 Å². The highest BCUT2D eigenvalue weighted by atomic mass is 16.5. The highest BCUT2D eigenvalue weighted by molar-refractivity contribution is 5.80. The molecule has 178 valence electrons. The molecule has 3 rings (SSSR count). The molecule has 0 saturated carbocycles. The van der Waals surface area contributed by atoms with Crippen LogP contribution >= 0.6 is 0 Å². The van der Waals surface area contributed by atoms with E-state index in [9.17, 15) is 4.79 Å². The Morgan fingerprint density at radius 2 is 1.58 bits per heavy atom. The monoisotopic (exact) mass is 454 g/mol. The van der Waals surface area contributed by atoms with Gasteiger partial charge in [0.25, 0.3) is 0 Å². The Hall–Kier alpha value is -3.22. The fourth-order valence-corrected chi connectivity index (χ4v) is 4.06. The van der Waals surface area contributed by atoms with Crippen molar-refractivity contribution >= 4 is 12.1 Å². The number of carbonyl (C=O) groups is 1. The Morgan fingerprint density at radius 1 is 0.909 bits per heavy atom. The number of amides is 1. The summed E-state index contributed by atoms with van der Waals surface area (Å²) in [5, 5.41) is 0. The SMILES string of the molecule is COc1ccc(CCC/N=C/CCN2CCc3cc(OC)c(OC)cc3CC2=O)cc1OC. The van der Waals surface area contributed by atoms with Gasteiger partial charge in [0.15, 0.2) is 23.0 Å². The number of hydrogen-bond donors (Lipinski definition) is 0. The van der Waals surface area contributed by atoms with Gasteiger partial charge < -0.3 is 23.8 Å². The van der Waals surface area contributed by atoms with Crippen LogP contribution in [-0.2, 0) is 24.1 Å². The minimum Gasteiger partial charge on any atom is -0.493 e. The van der Waals surface area contributed by atoms with E-state index in [4.69, 9.17) is 18.9 Å². The molecule has 7 nitrogen and oxygen atoms in total. The van der Waals surface area contributed by atoms with Crippen molar-refractivity contribution in [2.75, 3.05) is 48.1 Å². The molecule has 7 heteroatoms. The van der Waals surface area contributed by atoms with Gasteiger partial charge in [-0.3, -0.25) is 9.79 Å². The quantitative estimate of drug-likeness (QED) is 0.382. The van der Waals surface area contributed by atoms with Crippen LogP contribution in [0.3, 0.4) is 0 Å². The molecule has 0 N–H and O–H groups in total. The number of methoxy groups -OCH3 is 4. The van der Waals surface area contributed by atoms with E-state index >= 15 is 0 Å². The summed E-state index contributed by atoms with van der Waals surface area (Å²) < 4.78 is 21.4. The summed E-state index contributed by atoms with van der Waals surface area (Å²) in [5.74, 6) is 3.00. The maximum absolute atomic E-state index is 12.7. The van der Waals surface area contributed by atoms with E-state index in [1.165, 1.54) is 5.56 Å². The fraction of sp³-hybridized carbons (Fsp3) is 0.462. The summed E-state index contributed by atoms with van der Waals surface area (Å²) in [6, 6.07) is 9.91. The van der Waals surface area contributed by atoms with Gasteiger partial charge in [-0.25, -0.2) is 0 Å². The third-order valence-corrected chi connectivity index (χ3v) is 5.91. The van der Waals surface area contributed by atoms with Crippen LogP contribution in [-0.4, -0.2) is 65.1 Å². The number of ether oxygens (including phenoxy) is 4. The number of benzene rings is 2. The molecule has 0 aliphatic carbocycles. The second kappa shape index (κ2) is 12.1. The molecule has 1 aliphatic rings. The Bertz CT molecular complexity index is 973. The third-order valence-electron chi connectivity index (χ3n) is 5.91. The Labute approximate surface area is 196 Å². The van der Waals surface area contributed by atoms with Gasteiger partial charge in [-0.15, -0.1) is 0 Å². The molecule has 0 fully saturated rings. The zero-order chi connectivity index (χ0) is 23.6. The van der Waals surface area contributed by atoms with Gasteiger partial charge in [-0.05, 0) is 66.6 Å². The molecule has 0 radical (unpaired) electrons. The topological polar surface area (TPSA) is 69.6 Å². The van der Waals surface area contributed by atoms with Crippen molar-refractivity contribution in [3.8, 4) is 23.0 Å². The van der Waals surface area contributed by atoms with Crippen LogP contribution in [0.2, 0.25) is 0 Å². The van der Waals surface area contributed by atoms with Crippen molar-refractivity contribution in [2.45, 2.75) is 32.1 Å². The number of aliphatic imine (C=N–C) groups is 1. The smallest absolute Gasteiger partial charge is 0.227 e. The molecule has 0 bridgehead atoms. The van der Waals surface area contributed by atoms with Crippen LogP contribution in [0.1, 0.15) is 29.5 Å². The van der Waals surface area contributed by atoms with E-state index in [-0.39, 0.29) is 5.91 Å². The Morgan fingerprint density at radius 3 is 2.27 bits per heavy atom. The lowest BCUT2D eigenvalue weighted by molar-refractivity contribution is -0.130. The molecule has 33 heavy (non-hydrogen) atoms. The normalized spacial score (nSPS) is 13.6. The van der Waals surface area contributed by atoms with Gasteiger partial charge >= 0.3 is 0 Å². The first kappa shape index (κ1) is 24.4. The van der Waals surface area contributed by atoms with E-state index in [2.05, 4.69) is 11.1 Å². The Kier molecular flexibility index (Phi) is 8.98. The summed E-state index contributed by atoms with van der Waals surface area (Å²) in [6.45, 7) is 2.14. The molecule has 1 aliphatic heterocycles. The zero-order valence-corrected chi connectivity index (χ0v) is 20.1. The Balaban J connectivity index is 1.43. The number of aryl methyl sites for hydroxylation is 1. The largest absolute Gasteiger partial charge is 0.493 e. The average molecular weight is 455 g/mol. The van der Waals surface area contributed by atoms with Gasteiger partial charge in [-0.2, -0.15) is 0 Å². The fourth-order valence-electron chi connectivity index (χ4n) is 4.06. The molecular weight excluding hydrogens is 420 g/mol. The number of hydrogen-bond acceptors (Lipinski definition) is 6. The minimum absolute atomic E-state index is 0.142. The molecule has 0 spiro atoms. The van der Waals surface area contributed by atoms with Crippen LogP contribution in [0.15, 0.2) is 35.3 Å². The van der Waals surface area contributed by atoms with Gasteiger partial charge in [0.1, 0.15) is 0 Å². The molecular formula is C26H34N2O5. The van der Waals surface area contributed by atoms with E-state index < -0.39 is 0 Å². The predicted molar refractivity (Wildman–Crippen MR) is 129 cm³/mol. The van der Waals surface area contributed by atoms with Crippen molar-refractivity contribution in [1.29, 1.82) is 0 Å². The summed E-state index contributed by atoms with van der Waals surface area (Å²) in [5.41, 5.74) is 3.36. The molecule has 1 heterocycles. The van der Waals surface area contributed by atoms with Gasteiger partial charge in [-0.1, -0.05) is 6.07 Å². The summed E-state index contributed by atoms with van der Waals surface area (Å²) in [6.07, 6.45) is 5.76. The zero-order valence-electron chi connectivity index (χ0n) is 20.1. The number of fused-ring (bicyclic) bond motifs is 1. The van der Waals surface area contributed by atoms with Crippen LogP contribution < -0.4 is 18.9 Å². The number of nitrogens with zero attached hydrogens (tertiary/aromatic N) is 2. The van der Waals surface area contributed by atoms with Crippen LogP contribution in [0.4, 0.5) is 0 Å². The first-order chi connectivity index (χ1) is 16.1. The lowest BCUT2D eigenvalue weighted by Gasteiger charge is -2.19. The highest BCUT2D eigenvalue weighted by Crippen LogP contribution is 2.32. The molecule has 2 aromatic carbocycles. The summed E-state index contributed by atoms with van der Waals surface area (Å²) in [4.78, 5) is 19.2. The van der Waals surface area contributed by atoms with E-state index in [0.29, 0.717) is 31.0 Å². The first-order valence-corrected chi connectivity index (χ1v) is 11.3. The molecule has 0 atom stereocenters. The lowest BCUT2D eigenvalue weighted by Crippen LogP contribution is -2.33. The third kappa shape index (κ3) is 6.40. The molecule has 0 aromatic heterocycles. The lowest BCUT2D eigenvalue weighted by atomic mass is 10.0. The number of carbonyl (C=O) groups excluding carboxylic acids is 1. The second-order valence-corrected chi connectivity index (χ2v) is 7.95. The van der Waals surface area contributed by atoms with E-state index in [1.54, 1.807) is 28.4 Å². The van der Waals surface area contributed by atoms with Crippen molar-refractivity contribution in [3.63, 3.8) is 0 Å². The average Bonchev–Trinajstić information content (AvgIpc) is 2.99. The standard InChI is InChI=1S/C26H34N2O5/c1-30-22-9-8-19(15-23(22)31-2)7-5-11-27-12-6-13-28-14-10-20-16-24(32-3)25(33-4)17-21(20)18-26(28)29/h8-9,12,15-17H,5-7,10-11,13-14,18H2,1-4H3/b27-12+. The minimum atomic E-state index is 0.142. The summed E-state index contributed by atoms with van der Waals surface area (Å²) in [7, 11) is 6.53. The molecule has 1 amide bonds. The maximum atomic E-state index is 12.7. The predicted octanol–water partition coefficient (Wildman–Crippen LogP) is 3.74. The van der Waals surface area contributed by atoms with E-state index in [1.807, 2.05) is 35.4 Å². The molecule has 2 aromatic rings. The van der Waals surface area contributed by atoms with Crippen molar-refractivity contribution in [1.82, 2.24) is 4.90 Å². The van der Waals surface area contributed by atoms with Crippen LogP contribution in [0.5, 0.6) is 23.0 Å². The first-order valence-electron chi connectivity index (χ1n) is 11.3. The van der Waals surface area contributed by atoms with Crippen molar-refractivity contribution in [3.05, 3.63) is 47.0 Å². The van der Waals surface area contributed by atoms with Gasteiger partial charge in [0.2, 0.25) is 5.91 Å². The molecule has 0 saturated heterocycles. The van der Waals surface area contributed by atoms with Crippen molar-refractivity contribution < 1.29 is 23.7 Å².